The van der Waals surface area contributed by atoms with Crippen LogP contribution in [0.5, 0.6) is 0 Å². The first-order chi connectivity index (χ1) is 11.9. The van der Waals surface area contributed by atoms with Crippen LogP contribution in [-0.4, -0.2) is 6.10 Å². The van der Waals surface area contributed by atoms with Crippen LogP contribution in [0.2, 0.25) is 0 Å². The monoisotopic (exact) mass is 330 g/mol. The molecule has 1 fully saturated rings. The van der Waals surface area contributed by atoms with Gasteiger partial charge in [0.05, 0.1) is 6.10 Å². The summed E-state index contributed by atoms with van der Waals surface area (Å²) in [7, 11) is 0. The Labute approximate surface area is 150 Å². The molecule has 24 heavy (non-hydrogen) atoms. The minimum Gasteiger partial charge on any atom is -0.364 e. The Balaban J connectivity index is 1.56. The first-order valence-corrected chi connectivity index (χ1v) is 10.6. The van der Waals surface area contributed by atoms with Crippen molar-refractivity contribution in [1.82, 2.24) is 0 Å². The maximum absolute atomic E-state index is 5.88. The van der Waals surface area contributed by atoms with E-state index in [2.05, 4.69) is 38.1 Å². The maximum Gasteiger partial charge on any atom is 0.109 e. The van der Waals surface area contributed by atoms with E-state index >= 15 is 0 Å². The third kappa shape index (κ3) is 6.97. The zero-order chi connectivity index (χ0) is 17.0. The van der Waals surface area contributed by atoms with E-state index in [0.717, 1.165) is 0 Å². The fraction of sp³-hybridized carbons (Fsp3) is 0.739. The lowest BCUT2D eigenvalue weighted by Gasteiger charge is -2.08. The van der Waals surface area contributed by atoms with E-state index in [9.17, 15) is 0 Å². The van der Waals surface area contributed by atoms with Gasteiger partial charge >= 0.3 is 0 Å². The summed E-state index contributed by atoms with van der Waals surface area (Å²) in [6.45, 7) is 4.53. The van der Waals surface area contributed by atoms with Gasteiger partial charge in [-0.3, -0.25) is 0 Å². The summed E-state index contributed by atoms with van der Waals surface area (Å²) < 4.78 is 5.88. The fourth-order valence-corrected chi connectivity index (χ4v) is 3.76. The van der Waals surface area contributed by atoms with E-state index in [1.54, 1.807) is 0 Å². The van der Waals surface area contributed by atoms with Crippen molar-refractivity contribution in [3.05, 3.63) is 35.4 Å². The van der Waals surface area contributed by atoms with Crippen LogP contribution in [0.4, 0.5) is 0 Å². The van der Waals surface area contributed by atoms with Crippen LogP contribution in [0.15, 0.2) is 24.3 Å². The molecule has 2 atom stereocenters. The molecule has 2 unspecified atom stereocenters. The predicted octanol–water partition coefficient (Wildman–Crippen LogP) is 7.39. The van der Waals surface area contributed by atoms with Gasteiger partial charge in [0.2, 0.25) is 0 Å². The molecule has 0 spiro atoms. The van der Waals surface area contributed by atoms with E-state index in [4.69, 9.17) is 4.74 Å². The van der Waals surface area contributed by atoms with Crippen LogP contribution in [-0.2, 0) is 11.2 Å². The summed E-state index contributed by atoms with van der Waals surface area (Å²) in [6, 6.07) is 8.95. The number of epoxide rings is 1. The number of ether oxygens (including phenoxy) is 1. The minimum absolute atomic E-state index is 0.393. The molecule has 0 N–H and O–H groups in total. The largest absolute Gasteiger partial charge is 0.364 e. The van der Waals surface area contributed by atoms with Crippen LogP contribution < -0.4 is 0 Å². The van der Waals surface area contributed by atoms with Crippen molar-refractivity contribution in [3.63, 3.8) is 0 Å². The zero-order valence-corrected chi connectivity index (χ0v) is 16.1. The molecule has 0 amide bonds. The van der Waals surface area contributed by atoms with Gasteiger partial charge in [0.1, 0.15) is 6.10 Å². The van der Waals surface area contributed by atoms with Gasteiger partial charge in [-0.15, -0.1) is 0 Å². The van der Waals surface area contributed by atoms with E-state index in [-0.39, 0.29) is 0 Å². The second-order valence-electron chi connectivity index (χ2n) is 7.51. The number of rotatable bonds is 14. The molecule has 1 aromatic carbocycles. The van der Waals surface area contributed by atoms with Crippen LogP contribution >= 0.6 is 0 Å². The van der Waals surface area contributed by atoms with Gasteiger partial charge in [0.25, 0.3) is 0 Å². The van der Waals surface area contributed by atoms with Crippen LogP contribution in [0, 0.1) is 0 Å². The molecular weight excluding hydrogens is 292 g/mol. The predicted molar refractivity (Wildman–Crippen MR) is 105 cm³/mol. The molecule has 1 saturated heterocycles. The Hall–Kier alpha value is -0.820. The standard InChI is InChI=1S/C23H38O/c1-3-5-6-7-8-9-10-11-12-13-17-20-18-14-15-19-21(20)23-22(24-23)16-4-2/h14-15,18-19,22-23H,3-13,16-17H2,1-2H3. The van der Waals surface area contributed by atoms with E-state index in [1.807, 2.05) is 0 Å². The second kappa shape index (κ2) is 11.7. The van der Waals surface area contributed by atoms with Crippen molar-refractivity contribution in [3.8, 4) is 0 Å². The smallest absolute Gasteiger partial charge is 0.109 e. The molecule has 0 aliphatic carbocycles. The lowest BCUT2D eigenvalue weighted by molar-refractivity contribution is 0.364. The van der Waals surface area contributed by atoms with Gasteiger partial charge in [-0.25, -0.2) is 0 Å². The topological polar surface area (TPSA) is 12.5 Å². The Bertz CT molecular complexity index is 439. The molecular formula is C23H38O. The molecule has 136 valence electrons. The molecule has 0 saturated carbocycles. The molecule has 1 aliphatic rings. The summed E-state index contributed by atoms with van der Waals surface area (Å²) in [5.74, 6) is 0. The Kier molecular flexibility index (Phi) is 9.50. The first kappa shape index (κ1) is 19.5. The molecule has 1 heteroatoms. The van der Waals surface area contributed by atoms with Crippen molar-refractivity contribution in [1.29, 1.82) is 0 Å². The third-order valence-electron chi connectivity index (χ3n) is 5.32. The van der Waals surface area contributed by atoms with Gasteiger partial charge in [0, 0.05) is 0 Å². The normalized spacial score (nSPS) is 19.6. The highest BCUT2D eigenvalue weighted by Gasteiger charge is 2.39. The number of unbranched alkanes of at least 4 members (excludes halogenated alkanes) is 9. The highest BCUT2D eigenvalue weighted by Crippen LogP contribution is 2.42. The number of aryl methyl sites for hydroxylation is 1. The molecule has 0 aromatic heterocycles. The minimum atomic E-state index is 0.393. The van der Waals surface area contributed by atoms with Gasteiger partial charge in [-0.2, -0.15) is 0 Å². The van der Waals surface area contributed by atoms with Crippen molar-refractivity contribution in [2.24, 2.45) is 0 Å². The summed E-state index contributed by atoms with van der Waals surface area (Å²) in [5.41, 5.74) is 2.99. The van der Waals surface area contributed by atoms with Gasteiger partial charge < -0.3 is 4.74 Å². The Morgan fingerprint density at radius 2 is 1.38 bits per heavy atom. The average Bonchev–Trinajstić information content (AvgIpc) is 3.36. The summed E-state index contributed by atoms with van der Waals surface area (Å²) in [4.78, 5) is 0. The van der Waals surface area contributed by atoms with Crippen molar-refractivity contribution in [2.75, 3.05) is 0 Å². The SMILES string of the molecule is CCCCCCCCCCCCc1ccccc1C1OC1CCC. The molecule has 1 aromatic rings. The maximum atomic E-state index is 5.88. The summed E-state index contributed by atoms with van der Waals surface area (Å²) in [6.07, 6.45) is 18.6. The lowest BCUT2D eigenvalue weighted by Crippen LogP contribution is -1.96. The molecule has 1 heterocycles. The number of hydrogen-bond donors (Lipinski definition) is 0. The van der Waals surface area contributed by atoms with Gasteiger partial charge in [0.15, 0.2) is 0 Å². The quantitative estimate of drug-likeness (QED) is 0.256. The lowest BCUT2D eigenvalue weighted by atomic mass is 9.96. The van der Waals surface area contributed by atoms with Gasteiger partial charge in [-0.1, -0.05) is 102 Å². The van der Waals surface area contributed by atoms with Crippen molar-refractivity contribution < 1.29 is 4.74 Å². The molecule has 1 nitrogen and oxygen atoms in total. The van der Waals surface area contributed by atoms with Crippen LogP contribution in [0.3, 0.4) is 0 Å². The highest BCUT2D eigenvalue weighted by molar-refractivity contribution is 5.32. The molecule has 1 aliphatic heterocycles. The first-order valence-electron chi connectivity index (χ1n) is 10.6. The van der Waals surface area contributed by atoms with Crippen LogP contribution in [0.1, 0.15) is 108 Å². The highest BCUT2D eigenvalue weighted by atomic mass is 16.6. The number of benzene rings is 1. The fourth-order valence-electron chi connectivity index (χ4n) is 3.76. The summed E-state index contributed by atoms with van der Waals surface area (Å²) >= 11 is 0. The molecule has 2 rings (SSSR count). The van der Waals surface area contributed by atoms with Crippen molar-refractivity contribution in [2.45, 2.75) is 110 Å². The van der Waals surface area contributed by atoms with E-state index in [0.29, 0.717) is 12.2 Å². The average molecular weight is 331 g/mol. The zero-order valence-electron chi connectivity index (χ0n) is 16.1. The van der Waals surface area contributed by atoms with Gasteiger partial charge in [-0.05, 0) is 30.4 Å². The molecule has 0 radical (unpaired) electrons. The number of hydrogen-bond acceptors (Lipinski definition) is 1. The Morgan fingerprint density at radius 3 is 2.04 bits per heavy atom. The van der Waals surface area contributed by atoms with Crippen LogP contribution in [0.25, 0.3) is 0 Å². The Morgan fingerprint density at radius 1 is 0.750 bits per heavy atom. The van der Waals surface area contributed by atoms with Crippen molar-refractivity contribution >= 4 is 0 Å². The second-order valence-corrected chi connectivity index (χ2v) is 7.51. The van der Waals surface area contributed by atoms with E-state index in [1.165, 1.54) is 94.6 Å². The molecule has 0 bridgehead atoms. The van der Waals surface area contributed by atoms with E-state index < -0.39 is 0 Å². The third-order valence-corrected chi connectivity index (χ3v) is 5.32. The summed E-state index contributed by atoms with van der Waals surface area (Å²) in [5, 5.41) is 0.